The molecular formula is C20H27N5O2. The van der Waals surface area contributed by atoms with Gasteiger partial charge in [-0.3, -0.25) is 4.79 Å². The maximum Gasteiger partial charge on any atom is 0.257 e. The first-order valence-electron chi connectivity index (χ1n) is 9.23. The predicted octanol–water partition coefficient (Wildman–Crippen LogP) is 2.26. The predicted molar refractivity (Wildman–Crippen MR) is 105 cm³/mol. The van der Waals surface area contributed by atoms with E-state index in [-0.39, 0.29) is 11.9 Å². The summed E-state index contributed by atoms with van der Waals surface area (Å²) in [4.78, 5) is 25.9. The molecule has 0 saturated carbocycles. The highest BCUT2D eigenvalue weighted by molar-refractivity contribution is 5.94. The van der Waals surface area contributed by atoms with E-state index >= 15 is 0 Å². The number of nitrogens with one attached hydrogen (secondary N) is 1. The number of likely N-dealkylation sites (tertiary alicyclic amines) is 1. The molecule has 144 valence electrons. The lowest BCUT2D eigenvalue weighted by molar-refractivity contribution is 0.0568. The third-order valence-electron chi connectivity index (χ3n) is 5.02. The summed E-state index contributed by atoms with van der Waals surface area (Å²) in [6.07, 6.45) is 5.12. The summed E-state index contributed by atoms with van der Waals surface area (Å²) in [6, 6.07) is 8.08. The number of piperidine rings is 1. The fourth-order valence-electron chi connectivity index (χ4n) is 3.33. The van der Waals surface area contributed by atoms with Crippen molar-refractivity contribution in [1.29, 1.82) is 0 Å². The van der Waals surface area contributed by atoms with Crippen molar-refractivity contribution in [3.05, 3.63) is 47.8 Å². The molecule has 7 heteroatoms. The monoisotopic (exact) mass is 369 g/mol. The van der Waals surface area contributed by atoms with Crippen LogP contribution in [0.5, 0.6) is 5.75 Å². The van der Waals surface area contributed by atoms with Crippen LogP contribution < -0.4 is 10.1 Å². The second-order valence-electron chi connectivity index (χ2n) is 6.86. The van der Waals surface area contributed by atoms with Gasteiger partial charge in [-0.25, -0.2) is 9.97 Å². The molecule has 1 aromatic carbocycles. The van der Waals surface area contributed by atoms with Crippen LogP contribution in [0.3, 0.4) is 0 Å². The maximum absolute atomic E-state index is 13.2. The normalized spacial score (nSPS) is 15.4. The maximum atomic E-state index is 13.2. The molecule has 2 heterocycles. The van der Waals surface area contributed by atoms with Crippen molar-refractivity contribution in [3.63, 3.8) is 0 Å². The summed E-state index contributed by atoms with van der Waals surface area (Å²) in [5, 5.41) is 2.88. The second-order valence-corrected chi connectivity index (χ2v) is 6.86. The van der Waals surface area contributed by atoms with Crippen molar-refractivity contribution in [2.75, 3.05) is 39.6 Å². The summed E-state index contributed by atoms with van der Waals surface area (Å²) >= 11 is 0. The molecule has 0 atom stereocenters. The van der Waals surface area contributed by atoms with Crippen molar-refractivity contribution >= 4 is 11.9 Å². The van der Waals surface area contributed by atoms with Crippen LogP contribution in [0.4, 0.5) is 5.95 Å². The molecule has 0 spiro atoms. The Morgan fingerprint density at radius 2 is 1.85 bits per heavy atom. The van der Waals surface area contributed by atoms with Gasteiger partial charge in [-0.1, -0.05) is 12.1 Å². The molecule has 1 aromatic heterocycles. The van der Waals surface area contributed by atoms with Crippen LogP contribution in [0.25, 0.3) is 0 Å². The van der Waals surface area contributed by atoms with Gasteiger partial charge in [0.2, 0.25) is 5.95 Å². The number of hydrogen-bond acceptors (Lipinski definition) is 6. The van der Waals surface area contributed by atoms with Crippen LogP contribution in [-0.2, 0) is 6.54 Å². The summed E-state index contributed by atoms with van der Waals surface area (Å²) in [5.74, 6) is 1.29. The van der Waals surface area contributed by atoms with Crippen molar-refractivity contribution in [2.24, 2.45) is 0 Å². The van der Waals surface area contributed by atoms with Gasteiger partial charge in [-0.15, -0.1) is 0 Å². The van der Waals surface area contributed by atoms with Crippen molar-refractivity contribution in [2.45, 2.75) is 25.4 Å². The van der Waals surface area contributed by atoms with Gasteiger partial charge in [-0.2, -0.15) is 0 Å². The van der Waals surface area contributed by atoms with E-state index < -0.39 is 0 Å². The number of rotatable bonds is 6. The first-order valence-corrected chi connectivity index (χ1v) is 9.23. The second kappa shape index (κ2) is 8.81. The van der Waals surface area contributed by atoms with Crippen molar-refractivity contribution in [3.8, 4) is 5.75 Å². The summed E-state index contributed by atoms with van der Waals surface area (Å²) in [7, 11) is 5.53. The van der Waals surface area contributed by atoms with Gasteiger partial charge in [0.15, 0.2) is 0 Å². The van der Waals surface area contributed by atoms with E-state index in [1.54, 1.807) is 26.6 Å². The molecule has 0 radical (unpaired) electrons. The quantitative estimate of drug-likeness (QED) is 0.842. The molecule has 0 bridgehead atoms. The lowest BCUT2D eigenvalue weighted by Gasteiger charge is -2.37. The Balaban J connectivity index is 1.82. The van der Waals surface area contributed by atoms with Crippen molar-refractivity contribution < 1.29 is 9.53 Å². The number of ether oxygens (including phenoxy) is 1. The van der Waals surface area contributed by atoms with Gasteiger partial charge in [0, 0.05) is 32.0 Å². The molecule has 0 unspecified atom stereocenters. The average Bonchev–Trinajstić information content (AvgIpc) is 2.73. The van der Waals surface area contributed by atoms with Crippen LogP contribution in [0.15, 0.2) is 36.7 Å². The molecule has 3 rings (SSSR count). The Hall–Kier alpha value is -2.67. The molecule has 0 aliphatic carbocycles. The number of amides is 1. The minimum Gasteiger partial charge on any atom is -0.497 e. The molecule has 1 N–H and O–H groups in total. The molecule has 7 nitrogen and oxygen atoms in total. The fourth-order valence-corrected chi connectivity index (χ4v) is 3.33. The van der Waals surface area contributed by atoms with Crippen LogP contribution >= 0.6 is 0 Å². The molecule has 27 heavy (non-hydrogen) atoms. The third kappa shape index (κ3) is 4.74. The lowest BCUT2D eigenvalue weighted by atomic mass is 10.0. The first kappa shape index (κ1) is 19.1. The van der Waals surface area contributed by atoms with E-state index in [2.05, 4.69) is 27.2 Å². The third-order valence-corrected chi connectivity index (χ3v) is 5.02. The SMILES string of the molecule is CNc1ncc(C(=O)N(Cc2ccc(OC)cc2)C2CCN(C)CC2)cn1. The highest BCUT2D eigenvalue weighted by Gasteiger charge is 2.28. The Morgan fingerprint density at radius 1 is 1.22 bits per heavy atom. The molecule has 1 aliphatic heterocycles. The molecule has 1 saturated heterocycles. The van der Waals surface area contributed by atoms with E-state index in [1.807, 2.05) is 29.2 Å². The van der Waals surface area contributed by atoms with Crippen molar-refractivity contribution in [1.82, 2.24) is 19.8 Å². The molecular weight excluding hydrogens is 342 g/mol. The number of aromatic nitrogens is 2. The Bertz CT molecular complexity index is 740. The van der Waals surface area contributed by atoms with Crippen LogP contribution in [0.1, 0.15) is 28.8 Å². The van der Waals surface area contributed by atoms with E-state index in [1.165, 1.54) is 0 Å². The summed E-state index contributed by atoms with van der Waals surface area (Å²) in [5.41, 5.74) is 1.59. The number of carbonyl (C=O) groups excluding carboxylic acids is 1. The van der Waals surface area contributed by atoms with Gasteiger partial charge in [0.25, 0.3) is 5.91 Å². The number of nitrogens with zero attached hydrogens (tertiary/aromatic N) is 4. The fraction of sp³-hybridized carbons (Fsp3) is 0.450. The largest absolute Gasteiger partial charge is 0.497 e. The van der Waals surface area contributed by atoms with Crippen LogP contribution in [-0.4, -0.2) is 66.0 Å². The number of methoxy groups -OCH3 is 1. The number of hydrogen-bond donors (Lipinski definition) is 1. The van der Waals surface area contributed by atoms with Crippen LogP contribution in [0.2, 0.25) is 0 Å². The number of benzene rings is 1. The van der Waals surface area contributed by atoms with Crippen LogP contribution in [0, 0.1) is 0 Å². The molecule has 2 aromatic rings. The standard InChI is InChI=1S/C20H27N5O2/c1-21-20-22-12-16(13-23-20)19(26)25(17-8-10-24(2)11-9-17)14-15-4-6-18(27-3)7-5-15/h4-7,12-13,17H,8-11,14H2,1-3H3,(H,21,22,23). The number of carbonyl (C=O) groups is 1. The van der Waals surface area contributed by atoms with Gasteiger partial charge in [0.1, 0.15) is 5.75 Å². The average molecular weight is 369 g/mol. The first-order chi connectivity index (χ1) is 13.1. The van der Waals surface area contributed by atoms with E-state index in [0.29, 0.717) is 18.1 Å². The molecule has 1 amide bonds. The molecule has 1 aliphatic rings. The number of anilines is 1. The highest BCUT2D eigenvalue weighted by atomic mass is 16.5. The topological polar surface area (TPSA) is 70.6 Å². The Morgan fingerprint density at radius 3 is 2.41 bits per heavy atom. The van der Waals surface area contributed by atoms with E-state index in [9.17, 15) is 4.79 Å². The zero-order valence-electron chi connectivity index (χ0n) is 16.2. The zero-order valence-corrected chi connectivity index (χ0v) is 16.2. The smallest absolute Gasteiger partial charge is 0.257 e. The minimum atomic E-state index is -0.0250. The van der Waals surface area contributed by atoms with Gasteiger partial charge in [-0.05, 0) is 50.7 Å². The van der Waals surface area contributed by atoms with E-state index in [4.69, 9.17) is 4.74 Å². The summed E-state index contributed by atoms with van der Waals surface area (Å²) in [6.45, 7) is 2.55. The van der Waals surface area contributed by atoms with E-state index in [0.717, 1.165) is 37.2 Å². The zero-order chi connectivity index (χ0) is 19.2. The lowest BCUT2D eigenvalue weighted by Crippen LogP contribution is -2.46. The van der Waals surface area contributed by atoms with Gasteiger partial charge < -0.3 is 19.9 Å². The molecule has 1 fully saturated rings. The minimum absolute atomic E-state index is 0.0250. The van der Waals surface area contributed by atoms with Gasteiger partial charge in [0.05, 0.1) is 12.7 Å². The Labute approximate surface area is 160 Å². The highest BCUT2D eigenvalue weighted by Crippen LogP contribution is 2.22. The summed E-state index contributed by atoms with van der Waals surface area (Å²) < 4.78 is 5.23. The Kier molecular flexibility index (Phi) is 6.24. The van der Waals surface area contributed by atoms with Gasteiger partial charge >= 0.3 is 0 Å².